The van der Waals surface area contributed by atoms with Crippen LogP contribution >= 0.6 is 11.6 Å². The van der Waals surface area contributed by atoms with Crippen molar-refractivity contribution in [3.05, 3.63) is 70.4 Å². The number of sulfonamides is 1. The summed E-state index contributed by atoms with van der Waals surface area (Å²) in [4.78, 5) is 0. The minimum atomic E-state index is -3.56. The lowest BCUT2D eigenvalue weighted by atomic mass is 10.1. The van der Waals surface area contributed by atoms with Crippen LogP contribution in [-0.2, 0) is 28.7 Å². The van der Waals surface area contributed by atoms with Gasteiger partial charge in [0.2, 0.25) is 10.0 Å². The van der Waals surface area contributed by atoms with Crippen molar-refractivity contribution in [3.8, 4) is 0 Å². The van der Waals surface area contributed by atoms with Crippen LogP contribution in [0.2, 0.25) is 5.02 Å². The fraction of sp³-hybridized carbons (Fsp3) is 0.222. The van der Waals surface area contributed by atoms with E-state index >= 15 is 0 Å². The van der Waals surface area contributed by atoms with Crippen LogP contribution in [0.5, 0.6) is 0 Å². The van der Waals surface area contributed by atoms with E-state index < -0.39 is 10.0 Å². The number of halogens is 1. The van der Waals surface area contributed by atoms with Crippen molar-refractivity contribution in [1.82, 2.24) is 4.57 Å². The zero-order chi connectivity index (χ0) is 18.0. The van der Waals surface area contributed by atoms with E-state index in [1.165, 1.54) is 0 Å². The maximum absolute atomic E-state index is 11.4. The molecular weight excluding hydrogens is 358 g/mol. The second-order valence-corrected chi connectivity index (χ2v) is 8.16. The summed E-state index contributed by atoms with van der Waals surface area (Å²) >= 11 is 5.95. The molecule has 0 saturated carbocycles. The number of hydrogen-bond donors (Lipinski definition) is 2. The molecule has 4 N–H and O–H groups in total. The van der Waals surface area contributed by atoms with E-state index in [1.54, 1.807) is 6.07 Å². The average Bonchev–Trinajstić information content (AvgIpc) is 2.86. The van der Waals surface area contributed by atoms with E-state index in [0.29, 0.717) is 23.7 Å². The Morgan fingerprint density at radius 1 is 1.04 bits per heavy atom. The van der Waals surface area contributed by atoms with Gasteiger partial charge in [-0.15, -0.1) is 0 Å². The summed E-state index contributed by atoms with van der Waals surface area (Å²) in [6, 6.07) is 13.4. The third-order valence-corrected chi connectivity index (χ3v) is 5.06. The van der Waals surface area contributed by atoms with Crippen molar-refractivity contribution in [2.24, 2.45) is 10.9 Å². The Labute approximate surface area is 152 Å². The molecule has 0 spiro atoms. The van der Waals surface area contributed by atoms with Crippen molar-refractivity contribution < 1.29 is 8.42 Å². The smallest absolute Gasteiger partial charge is 0.213 e. The normalized spacial score (nSPS) is 12.0. The molecule has 3 rings (SSSR count). The zero-order valence-corrected chi connectivity index (χ0v) is 15.2. The number of nitrogens with two attached hydrogens (primary N) is 2. The minimum absolute atomic E-state index is 0.173. The average molecular weight is 378 g/mol. The number of benzene rings is 2. The first-order valence-electron chi connectivity index (χ1n) is 7.91. The molecule has 0 saturated heterocycles. The Balaban J connectivity index is 2.02. The third kappa shape index (κ3) is 4.41. The van der Waals surface area contributed by atoms with Crippen LogP contribution in [0.25, 0.3) is 10.9 Å². The Bertz CT molecular complexity index is 995. The monoisotopic (exact) mass is 377 g/mol. The van der Waals surface area contributed by atoms with Crippen molar-refractivity contribution in [3.63, 3.8) is 0 Å². The molecule has 1 heterocycles. The maximum Gasteiger partial charge on any atom is 0.213 e. The molecule has 132 valence electrons. The quantitative estimate of drug-likeness (QED) is 0.691. The summed E-state index contributed by atoms with van der Waals surface area (Å²) in [7, 11) is -3.56. The second-order valence-electron chi connectivity index (χ2n) is 6.11. The van der Waals surface area contributed by atoms with Crippen LogP contribution in [-0.4, -0.2) is 19.5 Å². The molecule has 0 bridgehead atoms. The molecular formula is C18H20ClN3O2S. The van der Waals surface area contributed by atoms with E-state index in [0.717, 1.165) is 28.5 Å². The Kier molecular flexibility index (Phi) is 5.15. The molecule has 0 radical (unpaired) electrons. The highest BCUT2D eigenvalue weighted by atomic mass is 35.5. The first-order valence-corrected chi connectivity index (χ1v) is 10.0. The SMILES string of the molecule is NCCc1cn(Cc2ccc(Cl)cc2)c2ccc(CS(N)(=O)=O)cc12. The van der Waals surface area contributed by atoms with Crippen LogP contribution in [0.1, 0.15) is 16.7 Å². The predicted molar refractivity (Wildman–Crippen MR) is 102 cm³/mol. The summed E-state index contributed by atoms with van der Waals surface area (Å²) in [6.07, 6.45) is 2.80. The minimum Gasteiger partial charge on any atom is -0.343 e. The first kappa shape index (κ1) is 17.9. The number of nitrogens with zero attached hydrogens (tertiary/aromatic N) is 1. The van der Waals surface area contributed by atoms with Gasteiger partial charge in [-0.2, -0.15) is 0 Å². The van der Waals surface area contributed by atoms with E-state index in [4.69, 9.17) is 22.5 Å². The number of rotatable bonds is 6. The largest absolute Gasteiger partial charge is 0.343 e. The fourth-order valence-corrected chi connectivity index (χ4v) is 3.78. The highest BCUT2D eigenvalue weighted by Gasteiger charge is 2.12. The van der Waals surface area contributed by atoms with Gasteiger partial charge in [-0.05, 0) is 53.9 Å². The van der Waals surface area contributed by atoms with Gasteiger partial charge in [0.15, 0.2) is 0 Å². The molecule has 3 aromatic rings. The third-order valence-electron chi connectivity index (χ3n) is 4.08. The molecule has 25 heavy (non-hydrogen) atoms. The molecule has 0 atom stereocenters. The number of fused-ring (bicyclic) bond motifs is 1. The van der Waals surface area contributed by atoms with Gasteiger partial charge in [-0.1, -0.05) is 29.8 Å². The van der Waals surface area contributed by atoms with Crippen LogP contribution in [0, 0.1) is 0 Å². The van der Waals surface area contributed by atoms with E-state index in [9.17, 15) is 8.42 Å². The number of primary sulfonamides is 1. The van der Waals surface area contributed by atoms with Crippen molar-refractivity contribution >= 4 is 32.5 Å². The van der Waals surface area contributed by atoms with E-state index in [-0.39, 0.29) is 5.75 Å². The van der Waals surface area contributed by atoms with Gasteiger partial charge >= 0.3 is 0 Å². The molecule has 0 fully saturated rings. The molecule has 0 unspecified atom stereocenters. The molecule has 1 aromatic heterocycles. The van der Waals surface area contributed by atoms with Crippen LogP contribution < -0.4 is 10.9 Å². The lowest BCUT2D eigenvalue weighted by Gasteiger charge is -2.07. The van der Waals surface area contributed by atoms with Gasteiger partial charge in [0.05, 0.1) is 5.75 Å². The topological polar surface area (TPSA) is 91.1 Å². The molecule has 0 amide bonds. The number of aromatic nitrogens is 1. The standard InChI is InChI=1S/C18H20ClN3O2S/c19-16-4-1-13(2-5-16)10-22-11-15(7-8-20)17-9-14(3-6-18(17)22)12-25(21,23)24/h1-6,9,11H,7-8,10,12,20H2,(H2,21,23,24). The van der Waals surface area contributed by atoms with Crippen molar-refractivity contribution in [1.29, 1.82) is 0 Å². The molecule has 0 aliphatic carbocycles. The Hall–Kier alpha value is -1.86. The van der Waals surface area contributed by atoms with Gasteiger partial charge in [-0.3, -0.25) is 0 Å². The van der Waals surface area contributed by atoms with Crippen LogP contribution in [0.3, 0.4) is 0 Å². The Morgan fingerprint density at radius 2 is 1.72 bits per heavy atom. The highest BCUT2D eigenvalue weighted by Crippen LogP contribution is 2.25. The van der Waals surface area contributed by atoms with Gasteiger partial charge in [0.1, 0.15) is 0 Å². The van der Waals surface area contributed by atoms with E-state index in [1.807, 2.05) is 36.4 Å². The summed E-state index contributed by atoms with van der Waals surface area (Å²) in [5, 5.41) is 6.88. The number of hydrogen-bond acceptors (Lipinski definition) is 3. The molecule has 0 aliphatic rings. The lowest BCUT2D eigenvalue weighted by Crippen LogP contribution is -2.14. The summed E-state index contributed by atoms with van der Waals surface area (Å²) in [5.41, 5.74) is 9.68. The highest BCUT2D eigenvalue weighted by molar-refractivity contribution is 7.88. The molecule has 5 nitrogen and oxygen atoms in total. The zero-order valence-electron chi connectivity index (χ0n) is 13.7. The molecule has 0 aliphatic heterocycles. The predicted octanol–water partition coefficient (Wildman–Crippen LogP) is 2.63. The van der Waals surface area contributed by atoms with Gasteiger partial charge in [-0.25, -0.2) is 13.6 Å². The van der Waals surface area contributed by atoms with Gasteiger partial charge in [0, 0.05) is 28.7 Å². The van der Waals surface area contributed by atoms with Crippen LogP contribution in [0.15, 0.2) is 48.7 Å². The van der Waals surface area contributed by atoms with Crippen molar-refractivity contribution in [2.45, 2.75) is 18.7 Å². The molecule has 2 aromatic carbocycles. The van der Waals surface area contributed by atoms with E-state index in [2.05, 4.69) is 10.8 Å². The first-order chi connectivity index (χ1) is 11.9. The van der Waals surface area contributed by atoms with Gasteiger partial charge < -0.3 is 10.3 Å². The lowest BCUT2D eigenvalue weighted by molar-refractivity contribution is 0.597. The maximum atomic E-state index is 11.4. The van der Waals surface area contributed by atoms with Crippen LogP contribution in [0.4, 0.5) is 0 Å². The summed E-state index contributed by atoms with van der Waals surface area (Å²) in [6.45, 7) is 1.23. The van der Waals surface area contributed by atoms with Crippen molar-refractivity contribution in [2.75, 3.05) is 6.54 Å². The fourth-order valence-electron chi connectivity index (χ4n) is 3.01. The Morgan fingerprint density at radius 3 is 2.36 bits per heavy atom. The summed E-state index contributed by atoms with van der Waals surface area (Å²) in [5.74, 6) is -0.173. The van der Waals surface area contributed by atoms with Gasteiger partial charge in [0.25, 0.3) is 0 Å². The summed E-state index contributed by atoms with van der Waals surface area (Å²) < 4.78 is 24.9. The molecule has 7 heteroatoms. The second kappa shape index (κ2) is 7.17.